The van der Waals surface area contributed by atoms with Crippen LogP contribution in [0.2, 0.25) is 0 Å². The van der Waals surface area contributed by atoms with Crippen LogP contribution in [0, 0.1) is 5.92 Å². The molecule has 1 aliphatic heterocycles. The van der Waals surface area contributed by atoms with Crippen LogP contribution in [0.5, 0.6) is 0 Å². The Bertz CT molecular complexity index is 373. The van der Waals surface area contributed by atoms with Gasteiger partial charge in [0.05, 0.1) is 6.04 Å². The van der Waals surface area contributed by atoms with Crippen molar-refractivity contribution < 1.29 is 4.79 Å². The third-order valence-corrected chi connectivity index (χ3v) is 3.36. The lowest BCUT2D eigenvalue weighted by molar-refractivity contribution is -0.119. The van der Waals surface area contributed by atoms with E-state index in [-0.39, 0.29) is 6.04 Å². The minimum atomic E-state index is 0.0135. The van der Waals surface area contributed by atoms with E-state index in [0.717, 1.165) is 24.9 Å². The number of rotatable bonds is 5. The second kappa shape index (κ2) is 5.35. The van der Waals surface area contributed by atoms with Gasteiger partial charge in [0.1, 0.15) is 0 Å². The Morgan fingerprint density at radius 1 is 1.41 bits per heavy atom. The minimum absolute atomic E-state index is 0.0135. The average molecular weight is 231 g/mol. The summed E-state index contributed by atoms with van der Waals surface area (Å²) in [4.78, 5) is 12.0. The first-order chi connectivity index (χ1) is 8.16. The van der Waals surface area contributed by atoms with Gasteiger partial charge in [-0.3, -0.25) is 4.79 Å². The van der Waals surface area contributed by atoms with Gasteiger partial charge in [-0.25, -0.2) is 0 Å². The summed E-state index contributed by atoms with van der Waals surface area (Å²) in [7, 11) is 0. The summed E-state index contributed by atoms with van der Waals surface area (Å²) in [6.45, 7) is 4.41. The van der Waals surface area contributed by atoms with E-state index in [1.165, 1.54) is 5.56 Å². The number of hydrogen-bond acceptors (Lipinski definition) is 2. The molecule has 1 aliphatic rings. The molecule has 0 saturated heterocycles. The molecule has 0 aliphatic carbocycles. The van der Waals surface area contributed by atoms with Crippen molar-refractivity contribution in [3.8, 4) is 0 Å². The lowest BCUT2D eigenvalue weighted by Gasteiger charge is -2.10. The summed E-state index contributed by atoms with van der Waals surface area (Å²) in [6.07, 6.45) is 3.73. The molecule has 1 N–H and O–H groups in total. The Morgan fingerprint density at radius 3 is 2.88 bits per heavy atom. The number of para-hydroxylation sites is 1. The van der Waals surface area contributed by atoms with E-state index in [0.29, 0.717) is 18.1 Å². The zero-order valence-electron chi connectivity index (χ0n) is 10.7. The van der Waals surface area contributed by atoms with Crippen LogP contribution in [0.4, 0.5) is 5.69 Å². The molecule has 17 heavy (non-hydrogen) atoms. The van der Waals surface area contributed by atoms with E-state index in [2.05, 4.69) is 31.3 Å². The summed E-state index contributed by atoms with van der Waals surface area (Å²) in [5, 5.41) is 3.32. The molecule has 0 amide bonds. The Labute approximate surface area is 103 Å². The summed E-state index contributed by atoms with van der Waals surface area (Å²) < 4.78 is 0. The zero-order chi connectivity index (χ0) is 12.3. The van der Waals surface area contributed by atoms with Gasteiger partial charge >= 0.3 is 0 Å². The first-order valence-corrected chi connectivity index (χ1v) is 6.54. The molecule has 1 aromatic carbocycles. The van der Waals surface area contributed by atoms with Crippen molar-refractivity contribution in [3.05, 3.63) is 29.8 Å². The number of hydrogen-bond donors (Lipinski definition) is 1. The molecule has 1 atom stereocenters. The number of anilines is 1. The number of ketones is 1. The van der Waals surface area contributed by atoms with E-state index >= 15 is 0 Å². The molecule has 92 valence electrons. The summed E-state index contributed by atoms with van der Waals surface area (Å²) in [6, 6.07) is 8.21. The predicted octanol–water partition coefficient (Wildman–Crippen LogP) is 3.42. The van der Waals surface area contributed by atoms with E-state index < -0.39 is 0 Å². The van der Waals surface area contributed by atoms with Crippen LogP contribution >= 0.6 is 0 Å². The SMILES string of the molecule is CC(C)CCCC(=O)C1Cc2ccccc2N1. The Balaban J connectivity index is 1.84. The van der Waals surface area contributed by atoms with E-state index in [1.54, 1.807) is 0 Å². The van der Waals surface area contributed by atoms with Crippen LogP contribution in [0.1, 0.15) is 38.7 Å². The van der Waals surface area contributed by atoms with Crippen LogP contribution in [0.3, 0.4) is 0 Å². The third-order valence-electron chi connectivity index (χ3n) is 3.36. The molecule has 0 radical (unpaired) electrons. The van der Waals surface area contributed by atoms with Crippen molar-refractivity contribution in [1.29, 1.82) is 0 Å². The topological polar surface area (TPSA) is 29.1 Å². The number of fused-ring (bicyclic) bond motifs is 1. The summed E-state index contributed by atoms with van der Waals surface area (Å²) >= 11 is 0. The number of Topliss-reactive ketones (excluding diaryl/α,β-unsaturated/α-hetero) is 1. The average Bonchev–Trinajstić information content (AvgIpc) is 2.71. The largest absolute Gasteiger partial charge is 0.375 e. The monoisotopic (exact) mass is 231 g/mol. The molecule has 0 saturated carbocycles. The number of benzene rings is 1. The maximum atomic E-state index is 12.0. The Hall–Kier alpha value is -1.31. The van der Waals surface area contributed by atoms with Crippen molar-refractivity contribution in [2.75, 3.05) is 5.32 Å². The second-order valence-corrected chi connectivity index (χ2v) is 5.31. The van der Waals surface area contributed by atoms with Crippen molar-refractivity contribution in [2.45, 2.75) is 45.6 Å². The van der Waals surface area contributed by atoms with E-state index in [4.69, 9.17) is 0 Å². The number of carbonyl (C=O) groups excluding carboxylic acids is 1. The fourth-order valence-electron chi connectivity index (χ4n) is 2.35. The van der Waals surface area contributed by atoms with Gasteiger partial charge < -0.3 is 5.32 Å². The van der Waals surface area contributed by atoms with E-state index in [1.807, 2.05) is 12.1 Å². The van der Waals surface area contributed by atoms with Crippen molar-refractivity contribution in [2.24, 2.45) is 5.92 Å². The molecule has 2 nitrogen and oxygen atoms in total. The minimum Gasteiger partial charge on any atom is -0.375 e. The van der Waals surface area contributed by atoms with Gasteiger partial charge in [-0.1, -0.05) is 38.5 Å². The Morgan fingerprint density at radius 2 is 2.18 bits per heavy atom. The van der Waals surface area contributed by atoms with Crippen LogP contribution in [-0.2, 0) is 11.2 Å². The van der Waals surface area contributed by atoms with Crippen LogP contribution < -0.4 is 5.32 Å². The highest BCUT2D eigenvalue weighted by molar-refractivity contribution is 5.89. The van der Waals surface area contributed by atoms with E-state index in [9.17, 15) is 4.79 Å². The fraction of sp³-hybridized carbons (Fsp3) is 0.533. The molecule has 0 bridgehead atoms. The maximum Gasteiger partial charge on any atom is 0.155 e. The lowest BCUT2D eigenvalue weighted by Crippen LogP contribution is -2.26. The normalized spacial score (nSPS) is 17.9. The lowest BCUT2D eigenvalue weighted by atomic mass is 10.00. The van der Waals surface area contributed by atoms with Gasteiger partial charge in [0.25, 0.3) is 0 Å². The van der Waals surface area contributed by atoms with Gasteiger partial charge in [-0.15, -0.1) is 0 Å². The van der Waals surface area contributed by atoms with Gasteiger partial charge in [0.15, 0.2) is 5.78 Å². The quantitative estimate of drug-likeness (QED) is 0.841. The molecule has 1 aromatic rings. The fourth-order valence-corrected chi connectivity index (χ4v) is 2.35. The molecule has 1 heterocycles. The predicted molar refractivity (Wildman–Crippen MR) is 71.3 cm³/mol. The number of carbonyl (C=O) groups is 1. The first kappa shape index (κ1) is 12.2. The highest BCUT2D eigenvalue weighted by atomic mass is 16.1. The zero-order valence-corrected chi connectivity index (χ0v) is 10.7. The number of nitrogens with one attached hydrogen (secondary N) is 1. The molecule has 0 spiro atoms. The van der Waals surface area contributed by atoms with Crippen LogP contribution in [0.15, 0.2) is 24.3 Å². The smallest absolute Gasteiger partial charge is 0.155 e. The Kier molecular flexibility index (Phi) is 3.82. The second-order valence-electron chi connectivity index (χ2n) is 5.31. The van der Waals surface area contributed by atoms with Crippen molar-refractivity contribution in [3.63, 3.8) is 0 Å². The van der Waals surface area contributed by atoms with Gasteiger partial charge in [-0.2, -0.15) is 0 Å². The van der Waals surface area contributed by atoms with Gasteiger partial charge in [-0.05, 0) is 24.0 Å². The van der Waals surface area contributed by atoms with Crippen LogP contribution in [-0.4, -0.2) is 11.8 Å². The van der Waals surface area contributed by atoms with Gasteiger partial charge in [0.2, 0.25) is 0 Å². The maximum absolute atomic E-state index is 12.0. The summed E-state index contributed by atoms with van der Waals surface area (Å²) in [5.41, 5.74) is 2.41. The van der Waals surface area contributed by atoms with Gasteiger partial charge in [0, 0.05) is 18.5 Å². The summed E-state index contributed by atoms with van der Waals surface area (Å²) in [5.74, 6) is 1.05. The third kappa shape index (κ3) is 3.09. The highest BCUT2D eigenvalue weighted by Crippen LogP contribution is 2.26. The van der Waals surface area contributed by atoms with Crippen molar-refractivity contribution >= 4 is 11.5 Å². The molecule has 2 heteroatoms. The molecular weight excluding hydrogens is 210 g/mol. The highest BCUT2D eigenvalue weighted by Gasteiger charge is 2.25. The standard InChI is InChI=1S/C15H21NO/c1-11(2)6-5-9-15(17)14-10-12-7-3-4-8-13(12)16-14/h3-4,7-8,11,14,16H,5-6,9-10H2,1-2H3. The molecular formula is C15H21NO. The molecule has 1 unspecified atom stereocenters. The first-order valence-electron chi connectivity index (χ1n) is 6.54. The molecule has 2 rings (SSSR count). The van der Waals surface area contributed by atoms with Crippen LogP contribution in [0.25, 0.3) is 0 Å². The molecule has 0 fully saturated rings. The van der Waals surface area contributed by atoms with Crippen molar-refractivity contribution in [1.82, 2.24) is 0 Å². The molecule has 0 aromatic heterocycles.